The smallest absolute Gasteiger partial charge is 0.255 e. The fraction of sp³-hybridized carbons (Fsp3) is 0.409. The normalized spacial score (nSPS) is 16.0. The summed E-state index contributed by atoms with van der Waals surface area (Å²) in [4.78, 5) is 17.2. The van der Waals surface area contributed by atoms with Crippen LogP contribution in [0.2, 0.25) is 0 Å². The quantitative estimate of drug-likeness (QED) is 0.890. The van der Waals surface area contributed by atoms with Gasteiger partial charge in [-0.3, -0.25) is 9.69 Å². The lowest BCUT2D eigenvalue weighted by Gasteiger charge is -2.32. The molecule has 1 N–H and O–H groups in total. The lowest BCUT2D eigenvalue weighted by atomic mass is 10.0. The molecule has 2 aromatic rings. The molecule has 0 spiro atoms. The summed E-state index contributed by atoms with van der Waals surface area (Å²) in [6, 6.07) is 16.0. The molecule has 1 fully saturated rings. The van der Waals surface area contributed by atoms with Gasteiger partial charge < -0.3 is 10.2 Å². The fourth-order valence-electron chi connectivity index (χ4n) is 3.18. The van der Waals surface area contributed by atoms with Crippen molar-refractivity contribution in [3.05, 3.63) is 65.2 Å². The summed E-state index contributed by atoms with van der Waals surface area (Å²) in [6.45, 7) is 9.76. The van der Waals surface area contributed by atoms with Crippen LogP contribution < -0.4 is 5.32 Å². The number of amides is 1. The lowest BCUT2D eigenvalue weighted by molar-refractivity contribution is 0.102. The first-order chi connectivity index (χ1) is 12.5. The largest absolute Gasteiger partial charge is 0.322 e. The maximum Gasteiger partial charge on any atom is 0.255 e. The molecule has 138 valence electrons. The summed E-state index contributed by atoms with van der Waals surface area (Å²) in [7, 11) is 2.17. The van der Waals surface area contributed by atoms with E-state index in [-0.39, 0.29) is 5.91 Å². The third kappa shape index (κ3) is 4.93. The van der Waals surface area contributed by atoms with Crippen LogP contribution in [0.1, 0.15) is 41.3 Å². The van der Waals surface area contributed by atoms with Gasteiger partial charge in [-0.15, -0.1) is 0 Å². The number of nitrogens with one attached hydrogen (secondary N) is 1. The van der Waals surface area contributed by atoms with Gasteiger partial charge in [0.05, 0.1) is 0 Å². The molecule has 0 saturated carbocycles. The molecule has 0 unspecified atom stereocenters. The van der Waals surface area contributed by atoms with E-state index in [1.165, 1.54) is 11.1 Å². The SMILES string of the molecule is CC(C)c1ccc(C(=O)Nc2ccc(CN3CCN(C)CC3)cc2)cc1. The zero-order valence-corrected chi connectivity index (χ0v) is 16.0. The molecule has 0 aliphatic carbocycles. The Morgan fingerprint density at radius 1 is 0.962 bits per heavy atom. The van der Waals surface area contributed by atoms with Crippen molar-refractivity contribution in [2.75, 3.05) is 38.5 Å². The van der Waals surface area contributed by atoms with E-state index < -0.39 is 0 Å². The summed E-state index contributed by atoms with van der Waals surface area (Å²) >= 11 is 0. The molecule has 26 heavy (non-hydrogen) atoms. The number of carbonyl (C=O) groups is 1. The number of carbonyl (C=O) groups excluding carboxylic acids is 1. The number of hydrogen-bond donors (Lipinski definition) is 1. The number of piperazine rings is 1. The summed E-state index contributed by atoms with van der Waals surface area (Å²) in [5.74, 6) is 0.409. The van der Waals surface area contributed by atoms with E-state index in [0.717, 1.165) is 38.4 Å². The molecule has 0 radical (unpaired) electrons. The van der Waals surface area contributed by atoms with Gasteiger partial charge >= 0.3 is 0 Å². The van der Waals surface area contributed by atoms with Crippen molar-refractivity contribution in [1.82, 2.24) is 9.80 Å². The molecule has 0 bridgehead atoms. The highest BCUT2D eigenvalue weighted by molar-refractivity contribution is 6.04. The molecule has 0 aromatic heterocycles. The van der Waals surface area contributed by atoms with Crippen LogP contribution in [-0.2, 0) is 6.54 Å². The van der Waals surface area contributed by atoms with E-state index in [4.69, 9.17) is 0 Å². The Hall–Kier alpha value is -2.17. The van der Waals surface area contributed by atoms with Gasteiger partial charge in [-0.05, 0) is 48.4 Å². The highest BCUT2D eigenvalue weighted by atomic mass is 16.1. The Morgan fingerprint density at radius 2 is 1.58 bits per heavy atom. The third-order valence-electron chi connectivity index (χ3n) is 5.05. The molecule has 0 atom stereocenters. The van der Waals surface area contributed by atoms with Crippen LogP contribution in [0.5, 0.6) is 0 Å². The van der Waals surface area contributed by atoms with Crippen molar-refractivity contribution < 1.29 is 4.79 Å². The van der Waals surface area contributed by atoms with Crippen molar-refractivity contribution in [3.8, 4) is 0 Å². The number of benzene rings is 2. The van der Waals surface area contributed by atoms with Crippen molar-refractivity contribution in [3.63, 3.8) is 0 Å². The van der Waals surface area contributed by atoms with Crippen LogP contribution in [0.3, 0.4) is 0 Å². The predicted octanol–water partition coefficient (Wildman–Crippen LogP) is 3.81. The second kappa shape index (κ2) is 8.47. The maximum atomic E-state index is 12.4. The maximum absolute atomic E-state index is 12.4. The standard InChI is InChI=1S/C22H29N3O/c1-17(2)19-6-8-20(9-7-19)22(26)23-21-10-4-18(5-11-21)16-25-14-12-24(3)13-15-25/h4-11,17H,12-16H2,1-3H3,(H,23,26). The second-order valence-corrected chi connectivity index (χ2v) is 7.51. The van der Waals surface area contributed by atoms with Crippen molar-refractivity contribution in [2.24, 2.45) is 0 Å². The Bertz CT molecular complexity index is 714. The number of anilines is 1. The minimum Gasteiger partial charge on any atom is -0.322 e. The van der Waals surface area contributed by atoms with Crippen LogP contribution in [0.15, 0.2) is 48.5 Å². The van der Waals surface area contributed by atoms with Crippen LogP contribution in [0, 0.1) is 0 Å². The molecule has 1 aliphatic rings. The lowest BCUT2D eigenvalue weighted by Crippen LogP contribution is -2.43. The zero-order valence-electron chi connectivity index (χ0n) is 16.0. The Morgan fingerprint density at radius 3 is 2.15 bits per heavy atom. The van der Waals surface area contributed by atoms with Crippen molar-refractivity contribution in [2.45, 2.75) is 26.3 Å². The van der Waals surface area contributed by atoms with Gasteiger partial charge in [0.2, 0.25) is 0 Å². The van der Waals surface area contributed by atoms with Crippen molar-refractivity contribution >= 4 is 11.6 Å². The monoisotopic (exact) mass is 351 g/mol. The Balaban J connectivity index is 1.55. The van der Waals surface area contributed by atoms with E-state index in [1.807, 2.05) is 36.4 Å². The summed E-state index contributed by atoms with van der Waals surface area (Å²) in [5.41, 5.74) is 4.06. The molecular weight excluding hydrogens is 322 g/mol. The van der Waals surface area contributed by atoms with Crippen molar-refractivity contribution in [1.29, 1.82) is 0 Å². The first kappa shape index (κ1) is 18.6. The number of rotatable bonds is 5. The molecule has 4 nitrogen and oxygen atoms in total. The van der Waals surface area contributed by atoms with Crippen LogP contribution in [0.25, 0.3) is 0 Å². The summed E-state index contributed by atoms with van der Waals surface area (Å²) in [5, 5.41) is 2.98. The molecule has 1 heterocycles. The molecule has 4 heteroatoms. The van der Waals surface area contributed by atoms with Gasteiger partial charge in [-0.2, -0.15) is 0 Å². The first-order valence-electron chi connectivity index (χ1n) is 9.42. The topological polar surface area (TPSA) is 35.6 Å². The van der Waals surface area contributed by atoms with Crippen LogP contribution >= 0.6 is 0 Å². The van der Waals surface area contributed by atoms with Crippen LogP contribution in [-0.4, -0.2) is 48.9 Å². The average Bonchev–Trinajstić information content (AvgIpc) is 2.65. The second-order valence-electron chi connectivity index (χ2n) is 7.51. The minimum atomic E-state index is -0.0628. The van der Waals surface area contributed by atoms with Gasteiger partial charge in [0.1, 0.15) is 0 Å². The Labute approximate surface area is 156 Å². The summed E-state index contributed by atoms with van der Waals surface area (Å²) in [6.07, 6.45) is 0. The fourth-order valence-corrected chi connectivity index (χ4v) is 3.18. The molecule has 1 amide bonds. The Kier molecular flexibility index (Phi) is 6.07. The molecule has 3 rings (SSSR count). The molecular formula is C22H29N3O. The predicted molar refractivity (Wildman–Crippen MR) is 108 cm³/mol. The van der Waals surface area contributed by atoms with E-state index in [0.29, 0.717) is 11.5 Å². The van der Waals surface area contributed by atoms with Gasteiger partial charge in [0, 0.05) is 44.0 Å². The van der Waals surface area contributed by atoms with Crippen LogP contribution in [0.4, 0.5) is 5.69 Å². The van der Waals surface area contributed by atoms with E-state index in [1.54, 1.807) is 0 Å². The number of nitrogens with zero attached hydrogens (tertiary/aromatic N) is 2. The third-order valence-corrected chi connectivity index (χ3v) is 5.05. The van der Waals surface area contributed by atoms with E-state index >= 15 is 0 Å². The molecule has 1 aliphatic heterocycles. The molecule has 1 saturated heterocycles. The number of hydrogen-bond acceptors (Lipinski definition) is 3. The number of likely N-dealkylation sites (N-methyl/N-ethyl adjacent to an activating group) is 1. The van der Waals surface area contributed by atoms with E-state index in [9.17, 15) is 4.79 Å². The van der Waals surface area contributed by atoms with Gasteiger partial charge in [-0.25, -0.2) is 0 Å². The minimum absolute atomic E-state index is 0.0628. The van der Waals surface area contributed by atoms with Gasteiger partial charge in [-0.1, -0.05) is 38.1 Å². The van der Waals surface area contributed by atoms with Gasteiger partial charge in [0.15, 0.2) is 0 Å². The highest BCUT2D eigenvalue weighted by Gasteiger charge is 2.14. The average molecular weight is 351 g/mol. The zero-order chi connectivity index (χ0) is 18.5. The molecule has 2 aromatic carbocycles. The first-order valence-corrected chi connectivity index (χ1v) is 9.42. The van der Waals surface area contributed by atoms with E-state index in [2.05, 4.69) is 48.1 Å². The van der Waals surface area contributed by atoms with Gasteiger partial charge in [0.25, 0.3) is 5.91 Å². The summed E-state index contributed by atoms with van der Waals surface area (Å²) < 4.78 is 0. The highest BCUT2D eigenvalue weighted by Crippen LogP contribution is 2.17.